The number of carbonyl (C=O) groups excluding carboxylic acids is 1. The summed E-state index contributed by atoms with van der Waals surface area (Å²) in [6.45, 7) is 1.65. The molecule has 0 bridgehead atoms. The minimum absolute atomic E-state index is 0.291. The predicted octanol–water partition coefficient (Wildman–Crippen LogP) is 3.53. The number of carboxylic acid groups (broad SMARTS) is 1. The molecule has 0 saturated heterocycles. The molecule has 6 heteroatoms. The molecule has 0 spiro atoms. The number of hydrogen-bond acceptors (Lipinski definition) is 3. The van der Waals surface area contributed by atoms with Crippen molar-refractivity contribution >= 4 is 11.9 Å². The Balaban J connectivity index is 1.72. The highest BCUT2D eigenvalue weighted by molar-refractivity contribution is 5.92. The first-order chi connectivity index (χ1) is 13.5. The normalized spacial score (nSPS) is 12.9. The monoisotopic (exact) mass is 377 g/mol. The van der Waals surface area contributed by atoms with Crippen LogP contribution < -0.4 is 5.32 Å². The van der Waals surface area contributed by atoms with Crippen LogP contribution in [0.25, 0.3) is 11.1 Å². The van der Waals surface area contributed by atoms with E-state index in [0.29, 0.717) is 18.5 Å². The number of amides is 1. The zero-order valence-electron chi connectivity index (χ0n) is 15.6. The second-order valence-electron chi connectivity index (χ2n) is 6.88. The maximum absolute atomic E-state index is 12.4. The van der Waals surface area contributed by atoms with Gasteiger partial charge in [0.1, 0.15) is 5.69 Å². The number of imidazole rings is 1. The molecule has 2 aromatic carbocycles. The molecule has 28 heavy (non-hydrogen) atoms. The smallest absolute Gasteiger partial charge is 0.306 e. The molecule has 0 saturated carbocycles. The number of benzene rings is 2. The number of nitrogens with one attached hydrogen (secondary N) is 2. The third kappa shape index (κ3) is 5.07. The van der Waals surface area contributed by atoms with Crippen LogP contribution >= 0.6 is 0 Å². The summed E-state index contributed by atoms with van der Waals surface area (Å²) in [5.41, 5.74) is 3.64. The van der Waals surface area contributed by atoms with E-state index in [2.05, 4.69) is 27.4 Å². The number of hydrogen-bond donors (Lipinski definition) is 3. The average Bonchev–Trinajstić information content (AvgIpc) is 3.24. The molecule has 1 amide bonds. The van der Waals surface area contributed by atoms with Gasteiger partial charge in [0.25, 0.3) is 5.91 Å². The third-order valence-corrected chi connectivity index (χ3v) is 4.68. The van der Waals surface area contributed by atoms with Crippen molar-refractivity contribution < 1.29 is 14.7 Å². The van der Waals surface area contributed by atoms with Gasteiger partial charge in [0, 0.05) is 6.04 Å². The summed E-state index contributed by atoms with van der Waals surface area (Å²) in [7, 11) is 0. The average molecular weight is 377 g/mol. The van der Waals surface area contributed by atoms with Crippen molar-refractivity contribution in [2.75, 3.05) is 0 Å². The van der Waals surface area contributed by atoms with Gasteiger partial charge in [-0.3, -0.25) is 9.59 Å². The molecule has 0 radical (unpaired) electrons. The Morgan fingerprint density at radius 3 is 2.36 bits per heavy atom. The van der Waals surface area contributed by atoms with Crippen molar-refractivity contribution in [2.24, 2.45) is 5.92 Å². The van der Waals surface area contributed by atoms with Crippen LogP contribution in [0.4, 0.5) is 0 Å². The lowest BCUT2D eigenvalue weighted by molar-refractivity contribution is -0.141. The van der Waals surface area contributed by atoms with E-state index in [9.17, 15) is 14.7 Å². The predicted molar refractivity (Wildman–Crippen MR) is 107 cm³/mol. The standard InChI is InChI=1S/C22H23N3O3/c1-15(22(27)28)11-19(25-21(26)20-13-23-14-24-20)12-16-7-9-18(10-8-16)17-5-3-2-4-6-17/h2-10,13-15,19H,11-12H2,1H3,(H,23,24)(H,25,26)(H,27,28). The lowest BCUT2D eigenvalue weighted by atomic mass is 9.95. The van der Waals surface area contributed by atoms with Crippen molar-refractivity contribution in [3.8, 4) is 11.1 Å². The molecule has 0 aliphatic carbocycles. The summed E-state index contributed by atoms with van der Waals surface area (Å²) in [6, 6.07) is 17.9. The first kappa shape index (κ1) is 19.4. The first-order valence-electron chi connectivity index (χ1n) is 9.19. The van der Waals surface area contributed by atoms with Crippen LogP contribution in [0.15, 0.2) is 67.1 Å². The minimum Gasteiger partial charge on any atom is -0.481 e. The Kier molecular flexibility index (Phi) is 6.22. The van der Waals surface area contributed by atoms with Gasteiger partial charge in [-0.15, -0.1) is 0 Å². The molecule has 1 aromatic heterocycles. The highest BCUT2D eigenvalue weighted by Crippen LogP contribution is 2.20. The fraction of sp³-hybridized carbons (Fsp3) is 0.227. The Hall–Kier alpha value is -3.41. The van der Waals surface area contributed by atoms with Gasteiger partial charge in [-0.05, 0) is 29.5 Å². The van der Waals surface area contributed by atoms with Crippen LogP contribution in [0.5, 0.6) is 0 Å². The second kappa shape index (κ2) is 8.99. The maximum Gasteiger partial charge on any atom is 0.306 e. The lowest BCUT2D eigenvalue weighted by Crippen LogP contribution is -2.38. The van der Waals surface area contributed by atoms with E-state index in [1.165, 1.54) is 12.5 Å². The van der Waals surface area contributed by atoms with Crippen LogP contribution in [0.2, 0.25) is 0 Å². The zero-order chi connectivity index (χ0) is 19.9. The number of aromatic amines is 1. The topological polar surface area (TPSA) is 95.1 Å². The molecule has 0 aliphatic rings. The van der Waals surface area contributed by atoms with E-state index in [-0.39, 0.29) is 11.9 Å². The Morgan fingerprint density at radius 2 is 1.75 bits per heavy atom. The van der Waals surface area contributed by atoms with Crippen LogP contribution in [-0.2, 0) is 11.2 Å². The second-order valence-corrected chi connectivity index (χ2v) is 6.88. The van der Waals surface area contributed by atoms with Crippen LogP contribution in [-0.4, -0.2) is 33.0 Å². The number of H-pyrrole nitrogens is 1. The van der Waals surface area contributed by atoms with E-state index >= 15 is 0 Å². The van der Waals surface area contributed by atoms with Crippen molar-refractivity contribution in [1.29, 1.82) is 0 Å². The summed E-state index contributed by atoms with van der Waals surface area (Å²) in [6.07, 6.45) is 3.77. The van der Waals surface area contributed by atoms with Gasteiger partial charge in [0.2, 0.25) is 0 Å². The summed E-state index contributed by atoms with van der Waals surface area (Å²) in [5, 5.41) is 12.2. The number of rotatable bonds is 8. The van der Waals surface area contributed by atoms with E-state index in [4.69, 9.17) is 0 Å². The third-order valence-electron chi connectivity index (χ3n) is 4.68. The fourth-order valence-electron chi connectivity index (χ4n) is 3.11. The fourth-order valence-corrected chi connectivity index (χ4v) is 3.11. The van der Waals surface area contributed by atoms with E-state index in [0.717, 1.165) is 16.7 Å². The van der Waals surface area contributed by atoms with Crippen molar-refractivity contribution in [1.82, 2.24) is 15.3 Å². The van der Waals surface area contributed by atoms with E-state index in [1.807, 2.05) is 42.5 Å². The van der Waals surface area contributed by atoms with Gasteiger partial charge in [-0.2, -0.15) is 0 Å². The Labute approximate surface area is 163 Å². The van der Waals surface area contributed by atoms with Crippen molar-refractivity contribution in [3.63, 3.8) is 0 Å². The number of carbonyl (C=O) groups is 2. The molecule has 2 unspecified atom stereocenters. The molecule has 144 valence electrons. The summed E-state index contributed by atoms with van der Waals surface area (Å²) >= 11 is 0. The molecule has 2 atom stereocenters. The lowest BCUT2D eigenvalue weighted by Gasteiger charge is -2.21. The SMILES string of the molecule is CC(CC(Cc1ccc(-c2ccccc2)cc1)NC(=O)c1cnc[nH]1)C(=O)O. The highest BCUT2D eigenvalue weighted by Gasteiger charge is 2.21. The Morgan fingerprint density at radius 1 is 1.07 bits per heavy atom. The first-order valence-corrected chi connectivity index (χ1v) is 9.19. The molecule has 6 nitrogen and oxygen atoms in total. The molecule has 0 fully saturated rings. The number of nitrogens with zero attached hydrogens (tertiary/aromatic N) is 1. The summed E-state index contributed by atoms with van der Waals surface area (Å²) in [5.74, 6) is -1.73. The van der Waals surface area contributed by atoms with Gasteiger partial charge in [0.05, 0.1) is 18.4 Å². The van der Waals surface area contributed by atoms with Gasteiger partial charge in [-0.25, -0.2) is 4.98 Å². The molecule has 0 aliphatic heterocycles. The van der Waals surface area contributed by atoms with Crippen LogP contribution in [0, 0.1) is 5.92 Å². The molecular weight excluding hydrogens is 354 g/mol. The number of carboxylic acids is 1. The van der Waals surface area contributed by atoms with Crippen molar-refractivity contribution in [3.05, 3.63) is 78.4 Å². The highest BCUT2D eigenvalue weighted by atomic mass is 16.4. The molecule has 3 aromatic rings. The van der Waals surface area contributed by atoms with Gasteiger partial charge >= 0.3 is 5.97 Å². The molecule has 3 rings (SSSR count). The molecular formula is C22H23N3O3. The van der Waals surface area contributed by atoms with Gasteiger partial charge in [-0.1, -0.05) is 61.5 Å². The van der Waals surface area contributed by atoms with E-state index in [1.54, 1.807) is 6.92 Å². The quantitative estimate of drug-likeness (QED) is 0.560. The van der Waals surface area contributed by atoms with Crippen LogP contribution in [0.1, 0.15) is 29.4 Å². The largest absolute Gasteiger partial charge is 0.481 e. The summed E-state index contributed by atoms with van der Waals surface area (Å²) in [4.78, 5) is 30.3. The Bertz CT molecular complexity index is 906. The number of aliphatic carboxylic acids is 1. The number of aromatic nitrogens is 2. The summed E-state index contributed by atoms with van der Waals surface area (Å²) < 4.78 is 0. The molecule has 3 N–H and O–H groups in total. The van der Waals surface area contributed by atoms with Crippen LogP contribution in [0.3, 0.4) is 0 Å². The van der Waals surface area contributed by atoms with Gasteiger partial charge < -0.3 is 15.4 Å². The minimum atomic E-state index is -0.875. The maximum atomic E-state index is 12.4. The van der Waals surface area contributed by atoms with Crippen molar-refractivity contribution in [2.45, 2.75) is 25.8 Å². The van der Waals surface area contributed by atoms with Gasteiger partial charge in [0.15, 0.2) is 0 Å². The zero-order valence-corrected chi connectivity index (χ0v) is 15.6. The molecule has 1 heterocycles. The van der Waals surface area contributed by atoms with E-state index < -0.39 is 11.9 Å².